The van der Waals surface area contributed by atoms with Crippen LogP contribution < -0.4 is 10.6 Å². The van der Waals surface area contributed by atoms with E-state index in [2.05, 4.69) is 10.6 Å². The van der Waals surface area contributed by atoms with Crippen LogP contribution in [0, 0.1) is 5.82 Å². The Morgan fingerprint density at radius 2 is 1.37 bits per heavy atom. The van der Waals surface area contributed by atoms with Crippen LogP contribution in [-0.2, 0) is 0 Å². The Balaban J connectivity index is 1.75. The third-order valence-electron chi connectivity index (χ3n) is 3.67. The molecular formula is C20H13Cl2FN2O2. The lowest BCUT2D eigenvalue weighted by atomic mass is 10.2. The third kappa shape index (κ3) is 4.64. The van der Waals surface area contributed by atoms with Gasteiger partial charge in [-0.1, -0.05) is 41.4 Å². The fourth-order valence-corrected chi connectivity index (χ4v) is 2.88. The molecule has 4 nitrogen and oxygen atoms in total. The van der Waals surface area contributed by atoms with E-state index in [0.29, 0.717) is 16.4 Å². The van der Waals surface area contributed by atoms with E-state index in [-0.39, 0.29) is 16.1 Å². The van der Waals surface area contributed by atoms with Crippen molar-refractivity contribution in [2.45, 2.75) is 0 Å². The maximum Gasteiger partial charge on any atom is 0.258 e. The molecule has 0 radical (unpaired) electrons. The predicted molar refractivity (Wildman–Crippen MR) is 105 cm³/mol. The van der Waals surface area contributed by atoms with E-state index in [1.165, 1.54) is 30.3 Å². The van der Waals surface area contributed by atoms with Crippen LogP contribution >= 0.6 is 23.2 Å². The molecule has 0 fully saturated rings. The van der Waals surface area contributed by atoms with Crippen LogP contribution in [0.15, 0.2) is 66.7 Å². The molecule has 0 aliphatic carbocycles. The lowest BCUT2D eigenvalue weighted by molar-refractivity contribution is 0.101. The zero-order valence-corrected chi connectivity index (χ0v) is 15.3. The topological polar surface area (TPSA) is 58.2 Å². The molecule has 0 bridgehead atoms. The Morgan fingerprint density at radius 3 is 2.00 bits per heavy atom. The molecule has 0 saturated carbocycles. The summed E-state index contributed by atoms with van der Waals surface area (Å²) in [4.78, 5) is 24.6. The van der Waals surface area contributed by atoms with Gasteiger partial charge in [-0.05, 0) is 48.5 Å². The van der Waals surface area contributed by atoms with Crippen molar-refractivity contribution < 1.29 is 14.0 Å². The van der Waals surface area contributed by atoms with Crippen molar-refractivity contribution in [2.24, 2.45) is 0 Å². The Kier molecular flexibility index (Phi) is 5.74. The molecule has 0 aliphatic rings. The lowest BCUT2D eigenvalue weighted by Gasteiger charge is -2.10. The minimum absolute atomic E-state index is 0.0696. The van der Waals surface area contributed by atoms with E-state index in [1.807, 2.05) is 0 Å². The highest BCUT2D eigenvalue weighted by molar-refractivity contribution is 6.37. The first-order valence-corrected chi connectivity index (χ1v) is 8.62. The summed E-state index contributed by atoms with van der Waals surface area (Å²) >= 11 is 11.9. The molecule has 0 atom stereocenters. The van der Waals surface area contributed by atoms with Crippen LogP contribution in [0.2, 0.25) is 10.0 Å². The number of amides is 2. The van der Waals surface area contributed by atoms with Crippen molar-refractivity contribution in [1.29, 1.82) is 0 Å². The number of nitrogens with one attached hydrogen (secondary N) is 2. The number of carbonyl (C=O) groups excluding carboxylic acids is 2. The molecule has 27 heavy (non-hydrogen) atoms. The van der Waals surface area contributed by atoms with Gasteiger partial charge in [0.15, 0.2) is 0 Å². The van der Waals surface area contributed by atoms with Crippen LogP contribution in [0.5, 0.6) is 0 Å². The number of hydrogen-bond donors (Lipinski definition) is 2. The van der Waals surface area contributed by atoms with Gasteiger partial charge in [0.05, 0.1) is 16.1 Å². The first-order chi connectivity index (χ1) is 12.9. The van der Waals surface area contributed by atoms with Crippen molar-refractivity contribution in [3.63, 3.8) is 0 Å². The van der Waals surface area contributed by atoms with E-state index in [4.69, 9.17) is 23.2 Å². The highest BCUT2D eigenvalue weighted by atomic mass is 35.5. The van der Waals surface area contributed by atoms with Gasteiger partial charge >= 0.3 is 0 Å². The number of anilines is 2. The van der Waals surface area contributed by atoms with E-state index in [1.54, 1.807) is 36.4 Å². The molecule has 3 aromatic carbocycles. The van der Waals surface area contributed by atoms with Gasteiger partial charge in [0.2, 0.25) is 0 Å². The van der Waals surface area contributed by atoms with Gasteiger partial charge in [0.25, 0.3) is 11.8 Å². The summed E-state index contributed by atoms with van der Waals surface area (Å²) in [6.45, 7) is 0. The first-order valence-electron chi connectivity index (χ1n) is 7.86. The average Bonchev–Trinajstić information content (AvgIpc) is 2.62. The second kappa shape index (κ2) is 8.20. The normalized spacial score (nSPS) is 10.3. The van der Waals surface area contributed by atoms with Gasteiger partial charge in [-0.2, -0.15) is 0 Å². The molecule has 136 valence electrons. The van der Waals surface area contributed by atoms with Crippen LogP contribution in [-0.4, -0.2) is 11.8 Å². The fraction of sp³-hybridized carbons (Fsp3) is 0. The molecule has 0 saturated heterocycles. The second-order valence-electron chi connectivity index (χ2n) is 5.59. The minimum atomic E-state index is -0.614. The number of carbonyl (C=O) groups is 2. The van der Waals surface area contributed by atoms with Gasteiger partial charge in [-0.15, -0.1) is 0 Å². The summed E-state index contributed by atoms with van der Waals surface area (Å²) in [5, 5.41) is 5.94. The smallest absolute Gasteiger partial charge is 0.258 e. The summed E-state index contributed by atoms with van der Waals surface area (Å²) in [6.07, 6.45) is 0. The van der Waals surface area contributed by atoms with Gasteiger partial charge in [0.1, 0.15) is 5.82 Å². The number of rotatable bonds is 4. The molecule has 2 N–H and O–H groups in total. The van der Waals surface area contributed by atoms with Crippen molar-refractivity contribution in [1.82, 2.24) is 0 Å². The van der Waals surface area contributed by atoms with Crippen LogP contribution in [0.3, 0.4) is 0 Å². The Bertz CT molecular complexity index is 1020. The minimum Gasteiger partial charge on any atom is -0.322 e. The van der Waals surface area contributed by atoms with Gasteiger partial charge in [0, 0.05) is 16.4 Å². The molecule has 2 amide bonds. The zero-order chi connectivity index (χ0) is 19.4. The number of benzene rings is 3. The fourth-order valence-electron chi connectivity index (χ4n) is 2.39. The monoisotopic (exact) mass is 402 g/mol. The summed E-state index contributed by atoms with van der Waals surface area (Å²) < 4.78 is 13.7. The molecule has 3 rings (SSSR count). The quantitative estimate of drug-likeness (QED) is 0.593. The van der Waals surface area contributed by atoms with Crippen molar-refractivity contribution in [3.8, 4) is 0 Å². The largest absolute Gasteiger partial charge is 0.322 e. The van der Waals surface area contributed by atoms with Gasteiger partial charge in [-0.3, -0.25) is 9.59 Å². The summed E-state index contributed by atoms with van der Waals surface area (Å²) in [5.74, 6) is -1.62. The Hall–Kier alpha value is -2.89. The van der Waals surface area contributed by atoms with Crippen LogP contribution in [0.4, 0.5) is 15.8 Å². The lowest BCUT2D eigenvalue weighted by Crippen LogP contribution is -2.15. The van der Waals surface area contributed by atoms with E-state index in [0.717, 1.165) is 0 Å². The number of hydrogen-bond acceptors (Lipinski definition) is 2. The standard InChI is InChI=1S/C20H13Cl2FN2O2/c21-12-8-9-15(17(22)10-12)19(26)24-13-4-3-5-14(11-13)25-20(27)16-6-1-2-7-18(16)23/h1-11H,(H,24,26)(H,25,27). The van der Waals surface area contributed by atoms with Gasteiger partial charge in [-0.25, -0.2) is 4.39 Å². The maximum absolute atomic E-state index is 13.7. The predicted octanol–water partition coefficient (Wildman–Crippen LogP) is 5.64. The molecule has 7 heteroatoms. The highest BCUT2D eigenvalue weighted by Crippen LogP contribution is 2.23. The zero-order valence-electron chi connectivity index (χ0n) is 13.8. The summed E-state index contributed by atoms with van der Waals surface area (Å²) in [5.41, 5.74) is 1.04. The van der Waals surface area contributed by atoms with Crippen molar-refractivity contribution in [2.75, 3.05) is 10.6 Å². The Morgan fingerprint density at radius 1 is 0.741 bits per heavy atom. The maximum atomic E-state index is 13.7. The molecule has 0 spiro atoms. The van der Waals surface area contributed by atoms with Crippen molar-refractivity contribution >= 4 is 46.4 Å². The average molecular weight is 403 g/mol. The summed E-state index contributed by atoms with van der Waals surface area (Å²) in [6, 6.07) is 16.7. The molecule has 0 aromatic heterocycles. The Labute approximate surface area is 164 Å². The van der Waals surface area contributed by atoms with E-state index < -0.39 is 17.6 Å². The molecule has 0 aliphatic heterocycles. The first kappa shape index (κ1) is 18.9. The molecule has 0 heterocycles. The molecular weight excluding hydrogens is 390 g/mol. The SMILES string of the molecule is O=C(Nc1cccc(NC(=O)c2ccc(Cl)cc2Cl)c1)c1ccccc1F. The van der Waals surface area contributed by atoms with E-state index >= 15 is 0 Å². The number of halogens is 3. The molecule has 3 aromatic rings. The highest BCUT2D eigenvalue weighted by Gasteiger charge is 2.13. The summed E-state index contributed by atoms with van der Waals surface area (Å²) in [7, 11) is 0. The molecule has 0 unspecified atom stereocenters. The third-order valence-corrected chi connectivity index (χ3v) is 4.22. The van der Waals surface area contributed by atoms with E-state index in [9.17, 15) is 14.0 Å². The van der Waals surface area contributed by atoms with Crippen LogP contribution in [0.25, 0.3) is 0 Å². The second-order valence-corrected chi connectivity index (χ2v) is 6.44. The van der Waals surface area contributed by atoms with Gasteiger partial charge < -0.3 is 10.6 Å². The van der Waals surface area contributed by atoms with Crippen molar-refractivity contribution in [3.05, 3.63) is 93.7 Å². The van der Waals surface area contributed by atoms with Crippen LogP contribution in [0.1, 0.15) is 20.7 Å².